The van der Waals surface area contributed by atoms with E-state index in [1.165, 1.54) is 0 Å². The summed E-state index contributed by atoms with van der Waals surface area (Å²) in [5, 5.41) is 0. The van der Waals surface area contributed by atoms with Crippen LogP contribution in [0.4, 0.5) is 0 Å². The number of carbonyl (C=O) groups excluding carboxylic acids is 1. The van der Waals surface area contributed by atoms with Crippen molar-refractivity contribution in [1.82, 2.24) is 0 Å². The Balaban J connectivity index is 0.000000791. The minimum atomic E-state index is 0.0840. The van der Waals surface area contributed by atoms with Gasteiger partial charge in [0.15, 0.2) is 5.78 Å². The summed E-state index contributed by atoms with van der Waals surface area (Å²) in [6.07, 6.45) is 0. The van der Waals surface area contributed by atoms with Gasteiger partial charge in [0.25, 0.3) is 0 Å². The standard InChI is InChI=1S/C10H12O2.C2H6/c1-7-6-9(8(2)11)4-5-10(7)12-3;1-2/h4-6H,1-3H3;1-2H3. The maximum absolute atomic E-state index is 11.0. The topological polar surface area (TPSA) is 26.3 Å². The van der Waals surface area contributed by atoms with Crippen molar-refractivity contribution in [3.8, 4) is 5.75 Å². The average molecular weight is 194 g/mol. The van der Waals surface area contributed by atoms with E-state index >= 15 is 0 Å². The van der Waals surface area contributed by atoms with Crippen LogP contribution in [0.15, 0.2) is 18.2 Å². The van der Waals surface area contributed by atoms with Crippen LogP contribution in [0.3, 0.4) is 0 Å². The third-order valence-corrected chi connectivity index (χ3v) is 1.80. The molecule has 14 heavy (non-hydrogen) atoms. The minimum absolute atomic E-state index is 0.0840. The summed E-state index contributed by atoms with van der Waals surface area (Å²) < 4.78 is 5.07. The maximum Gasteiger partial charge on any atom is 0.159 e. The lowest BCUT2D eigenvalue weighted by atomic mass is 10.1. The van der Waals surface area contributed by atoms with Crippen LogP contribution in [-0.2, 0) is 0 Å². The number of methoxy groups -OCH3 is 1. The van der Waals surface area contributed by atoms with Crippen LogP contribution in [0.5, 0.6) is 5.75 Å². The summed E-state index contributed by atoms with van der Waals surface area (Å²) in [6.45, 7) is 7.48. The highest BCUT2D eigenvalue weighted by molar-refractivity contribution is 5.94. The molecule has 0 radical (unpaired) electrons. The summed E-state index contributed by atoms with van der Waals surface area (Å²) in [7, 11) is 1.62. The maximum atomic E-state index is 11.0. The molecule has 0 bridgehead atoms. The molecule has 2 heteroatoms. The minimum Gasteiger partial charge on any atom is -0.496 e. The largest absolute Gasteiger partial charge is 0.496 e. The van der Waals surface area contributed by atoms with Crippen LogP contribution in [0.1, 0.15) is 36.7 Å². The zero-order valence-electron chi connectivity index (χ0n) is 9.55. The van der Waals surface area contributed by atoms with Gasteiger partial charge in [-0.05, 0) is 37.6 Å². The fourth-order valence-electron chi connectivity index (χ4n) is 1.10. The van der Waals surface area contributed by atoms with Crippen LogP contribution in [0, 0.1) is 6.92 Å². The molecule has 0 aliphatic rings. The predicted octanol–water partition coefficient (Wildman–Crippen LogP) is 3.23. The molecular formula is C12H18O2. The molecule has 0 saturated heterocycles. The van der Waals surface area contributed by atoms with Gasteiger partial charge < -0.3 is 4.74 Å². The van der Waals surface area contributed by atoms with E-state index < -0.39 is 0 Å². The van der Waals surface area contributed by atoms with Crippen LogP contribution in [0.25, 0.3) is 0 Å². The molecule has 0 aliphatic heterocycles. The molecule has 0 fully saturated rings. The van der Waals surface area contributed by atoms with Crippen LogP contribution in [0.2, 0.25) is 0 Å². The van der Waals surface area contributed by atoms with E-state index in [2.05, 4.69) is 0 Å². The fourth-order valence-corrected chi connectivity index (χ4v) is 1.10. The molecule has 78 valence electrons. The summed E-state index contributed by atoms with van der Waals surface area (Å²) in [4.78, 5) is 11.0. The van der Waals surface area contributed by atoms with Gasteiger partial charge in [-0.1, -0.05) is 13.8 Å². The summed E-state index contributed by atoms with van der Waals surface area (Å²) in [5.41, 5.74) is 1.72. The summed E-state index contributed by atoms with van der Waals surface area (Å²) >= 11 is 0. The Labute approximate surface area is 85.9 Å². The lowest BCUT2D eigenvalue weighted by Gasteiger charge is -2.04. The first-order valence-electron chi connectivity index (χ1n) is 4.80. The molecule has 1 rings (SSSR count). The van der Waals surface area contributed by atoms with E-state index in [1.54, 1.807) is 20.1 Å². The smallest absolute Gasteiger partial charge is 0.159 e. The van der Waals surface area contributed by atoms with Crippen molar-refractivity contribution >= 4 is 5.78 Å². The number of hydrogen-bond acceptors (Lipinski definition) is 2. The van der Waals surface area contributed by atoms with E-state index in [4.69, 9.17) is 4.74 Å². The van der Waals surface area contributed by atoms with Crippen molar-refractivity contribution in [3.63, 3.8) is 0 Å². The number of hydrogen-bond donors (Lipinski definition) is 0. The molecule has 0 N–H and O–H groups in total. The Morgan fingerprint density at radius 3 is 2.21 bits per heavy atom. The van der Waals surface area contributed by atoms with Crippen molar-refractivity contribution < 1.29 is 9.53 Å². The Hall–Kier alpha value is -1.31. The van der Waals surface area contributed by atoms with Gasteiger partial charge in [-0.15, -0.1) is 0 Å². The van der Waals surface area contributed by atoms with Gasteiger partial charge in [0.05, 0.1) is 7.11 Å². The number of aryl methyl sites for hydroxylation is 1. The molecule has 0 amide bonds. The van der Waals surface area contributed by atoms with E-state index in [9.17, 15) is 4.79 Å². The Morgan fingerprint density at radius 1 is 1.29 bits per heavy atom. The monoisotopic (exact) mass is 194 g/mol. The summed E-state index contributed by atoms with van der Waals surface area (Å²) in [6, 6.07) is 5.42. The number of benzene rings is 1. The average Bonchev–Trinajstić information content (AvgIpc) is 2.20. The lowest BCUT2D eigenvalue weighted by Crippen LogP contribution is -1.94. The quantitative estimate of drug-likeness (QED) is 0.675. The number of carbonyl (C=O) groups is 1. The molecule has 2 nitrogen and oxygen atoms in total. The normalized spacial score (nSPS) is 8.64. The van der Waals surface area contributed by atoms with Crippen LogP contribution >= 0.6 is 0 Å². The van der Waals surface area contributed by atoms with Crippen LogP contribution < -0.4 is 4.74 Å². The first kappa shape index (κ1) is 12.7. The molecule has 1 aromatic rings. The molecule has 0 spiro atoms. The van der Waals surface area contributed by atoms with Gasteiger partial charge in [-0.2, -0.15) is 0 Å². The first-order chi connectivity index (χ1) is 6.65. The molecule has 0 atom stereocenters. The highest BCUT2D eigenvalue weighted by atomic mass is 16.5. The molecule has 1 aromatic carbocycles. The van der Waals surface area contributed by atoms with Crippen molar-refractivity contribution in [2.75, 3.05) is 7.11 Å². The van der Waals surface area contributed by atoms with Gasteiger partial charge in [0, 0.05) is 5.56 Å². The second-order valence-corrected chi connectivity index (χ2v) is 2.74. The fraction of sp³-hybridized carbons (Fsp3) is 0.417. The van der Waals surface area contributed by atoms with Crippen molar-refractivity contribution in [1.29, 1.82) is 0 Å². The molecule has 0 heterocycles. The highest BCUT2D eigenvalue weighted by Gasteiger charge is 2.02. The van der Waals surface area contributed by atoms with Gasteiger partial charge in [-0.25, -0.2) is 0 Å². The van der Waals surface area contributed by atoms with E-state index in [0.29, 0.717) is 0 Å². The highest BCUT2D eigenvalue weighted by Crippen LogP contribution is 2.18. The molecular weight excluding hydrogens is 176 g/mol. The van der Waals surface area contributed by atoms with E-state index in [0.717, 1.165) is 16.9 Å². The molecule has 0 unspecified atom stereocenters. The number of rotatable bonds is 2. The SMILES string of the molecule is CC.COc1ccc(C(C)=O)cc1C. The van der Waals surface area contributed by atoms with Gasteiger partial charge in [0.1, 0.15) is 5.75 Å². The molecule has 0 aromatic heterocycles. The van der Waals surface area contributed by atoms with Crippen LogP contribution in [-0.4, -0.2) is 12.9 Å². The van der Waals surface area contributed by atoms with Gasteiger partial charge >= 0.3 is 0 Å². The lowest BCUT2D eigenvalue weighted by molar-refractivity contribution is 0.101. The number of ketones is 1. The number of ether oxygens (including phenoxy) is 1. The predicted molar refractivity (Wildman–Crippen MR) is 59.1 cm³/mol. The second kappa shape index (κ2) is 6.19. The first-order valence-corrected chi connectivity index (χ1v) is 4.80. The molecule has 0 aliphatic carbocycles. The van der Waals surface area contributed by atoms with E-state index in [-0.39, 0.29) is 5.78 Å². The Morgan fingerprint density at radius 2 is 1.86 bits per heavy atom. The zero-order chi connectivity index (χ0) is 11.1. The Kier molecular flexibility index (Phi) is 5.61. The van der Waals surface area contributed by atoms with Gasteiger partial charge in [0.2, 0.25) is 0 Å². The van der Waals surface area contributed by atoms with Crippen molar-refractivity contribution in [2.45, 2.75) is 27.7 Å². The third-order valence-electron chi connectivity index (χ3n) is 1.80. The van der Waals surface area contributed by atoms with Crippen molar-refractivity contribution in [2.24, 2.45) is 0 Å². The van der Waals surface area contributed by atoms with E-state index in [1.807, 2.05) is 32.9 Å². The second-order valence-electron chi connectivity index (χ2n) is 2.74. The zero-order valence-corrected chi connectivity index (χ0v) is 9.55. The summed E-state index contributed by atoms with van der Waals surface area (Å²) in [5.74, 6) is 0.903. The molecule has 0 saturated carbocycles. The Bertz CT molecular complexity index is 303. The van der Waals surface area contributed by atoms with Crippen molar-refractivity contribution in [3.05, 3.63) is 29.3 Å². The number of Topliss-reactive ketones (excluding diaryl/α,β-unsaturated/α-hetero) is 1. The van der Waals surface area contributed by atoms with Gasteiger partial charge in [-0.3, -0.25) is 4.79 Å². The third kappa shape index (κ3) is 3.21.